The summed E-state index contributed by atoms with van der Waals surface area (Å²) in [6, 6.07) is 0.326. The van der Waals surface area contributed by atoms with Crippen molar-refractivity contribution in [2.45, 2.75) is 26.3 Å². The van der Waals surface area contributed by atoms with Crippen LogP contribution in [0.1, 0.15) is 20.3 Å². The minimum absolute atomic E-state index is 0.326. The number of hydrogen-bond donors (Lipinski definition) is 1. The Kier molecular flexibility index (Phi) is 4.65. The summed E-state index contributed by atoms with van der Waals surface area (Å²) >= 11 is 0. The first kappa shape index (κ1) is 9.92. The zero-order valence-electron chi connectivity index (χ0n) is 7.59. The highest BCUT2D eigenvalue weighted by molar-refractivity contribution is 4.68. The van der Waals surface area contributed by atoms with Gasteiger partial charge in [0.2, 0.25) is 0 Å². The SMILES string of the molecule is CCC(CN(C)C)C(C)N. The summed E-state index contributed by atoms with van der Waals surface area (Å²) in [5, 5.41) is 0. The Hall–Kier alpha value is -0.0800. The fourth-order valence-electron chi connectivity index (χ4n) is 1.14. The van der Waals surface area contributed by atoms with E-state index >= 15 is 0 Å². The molecule has 0 saturated carbocycles. The van der Waals surface area contributed by atoms with Crippen LogP contribution in [-0.4, -0.2) is 31.6 Å². The number of rotatable bonds is 4. The van der Waals surface area contributed by atoms with E-state index in [4.69, 9.17) is 5.73 Å². The third-order valence-electron chi connectivity index (χ3n) is 1.87. The molecule has 2 unspecified atom stereocenters. The molecule has 0 aromatic carbocycles. The Morgan fingerprint density at radius 1 is 1.40 bits per heavy atom. The molecule has 2 heteroatoms. The monoisotopic (exact) mass is 144 g/mol. The van der Waals surface area contributed by atoms with Crippen molar-refractivity contribution in [3.8, 4) is 0 Å². The van der Waals surface area contributed by atoms with Gasteiger partial charge in [0.05, 0.1) is 0 Å². The van der Waals surface area contributed by atoms with Crippen LogP contribution in [0.5, 0.6) is 0 Å². The van der Waals surface area contributed by atoms with Crippen LogP contribution in [0.25, 0.3) is 0 Å². The largest absolute Gasteiger partial charge is 0.328 e. The molecule has 0 spiro atoms. The molecule has 0 aromatic heterocycles. The van der Waals surface area contributed by atoms with Gasteiger partial charge < -0.3 is 10.6 Å². The van der Waals surface area contributed by atoms with E-state index in [1.807, 2.05) is 0 Å². The maximum Gasteiger partial charge on any atom is 0.00508 e. The predicted octanol–water partition coefficient (Wildman–Crippen LogP) is 0.921. The number of nitrogens with two attached hydrogens (primary N) is 1. The highest BCUT2D eigenvalue weighted by Gasteiger charge is 2.11. The fourth-order valence-corrected chi connectivity index (χ4v) is 1.14. The number of hydrogen-bond acceptors (Lipinski definition) is 2. The summed E-state index contributed by atoms with van der Waals surface area (Å²) < 4.78 is 0. The molecule has 0 aliphatic heterocycles. The molecule has 2 nitrogen and oxygen atoms in total. The highest BCUT2D eigenvalue weighted by Crippen LogP contribution is 2.06. The lowest BCUT2D eigenvalue weighted by Crippen LogP contribution is -2.34. The molecule has 2 atom stereocenters. The molecular weight excluding hydrogens is 124 g/mol. The van der Waals surface area contributed by atoms with Crippen molar-refractivity contribution in [3.05, 3.63) is 0 Å². The molecular formula is C8H20N2. The molecule has 0 rings (SSSR count). The van der Waals surface area contributed by atoms with Crippen molar-refractivity contribution in [2.24, 2.45) is 11.7 Å². The molecule has 0 aliphatic rings. The number of nitrogens with zero attached hydrogens (tertiary/aromatic N) is 1. The zero-order valence-corrected chi connectivity index (χ0v) is 7.59. The van der Waals surface area contributed by atoms with Gasteiger partial charge >= 0.3 is 0 Å². The Morgan fingerprint density at radius 2 is 1.90 bits per heavy atom. The van der Waals surface area contributed by atoms with Gasteiger partial charge in [-0.15, -0.1) is 0 Å². The summed E-state index contributed by atoms with van der Waals surface area (Å²) in [6.07, 6.45) is 1.18. The Balaban J connectivity index is 3.60. The van der Waals surface area contributed by atoms with Gasteiger partial charge in [-0.05, 0) is 26.9 Å². The maximum atomic E-state index is 5.77. The van der Waals surface area contributed by atoms with Crippen LogP contribution in [0.2, 0.25) is 0 Å². The van der Waals surface area contributed by atoms with E-state index in [1.54, 1.807) is 0 Å². The van der Waals surface area contributed by atoms with Crippen molar-refractivity contribution in [2.75, 3.05) is 20.6 Å². The van der Waals surface area contributed by atoms with E-state index < -0.39 is 0 Å². The second kappa shape index (κ2) is 4.69. The van der Waals surface area contributed by atoms with E-state index in [0.29, 0.717) is 12.0 Å². The highest BCUT2D eigenvalue weighted by atomic mass is 15.1. The van der Waals surface area contributed by atoms with Crippen molar-refractivity contribution in [3.63, 3.8) is 0 Å². The summed E-state index contributed by atoms with van der Waals surface area (Å²) in [5.74, 6) is 0.648. The molecule has 0 radical (unpaired) electrons. The van der Waals surface area contributed by atoms with Crippen LogP contribution in [0.4, 0.5) is 0 Å². The third kappa shape index (κ3) is 3.85. The predicted molar refractivity (Wildman–Crippen MR) is 46.0 cm³/mol. The fraction of sp³-hybridized carbons (Fsp3) is 1.00. The summed E-state index contributed by atoms with van der Waals surface area (Å²) in [4.78, 5) is 2.19. The van der Waals surface area contributed by atoms with Crippen molar-refractivity contribution >= 4 is 0 Å². The molecule has 62 valence electrons. The van der Waals surface area contributed by atoms with Crippen LogP contribution in [0.15, 0.2) is 0 Å². The average Bonchev–Trinajstić information content (AvgIpc) is 1.81. The van der Waals surface area contributed by atoms with Crippen molar-refractivity contribution in [1.29, 1.82) is 0 Å². The Bertz CT molecular complexity index is 79.3. The molecule has 2 N–H and O–H groups in total. The lowest BCUT2D eigenvalue weighted by molar-refractivity contribution is 0.290. The van der Waals surface area contributed by atoms with Gasteiger partial charge in [0, 0.05) is 12.6 Å². The molecule has 0 bridgehead atoms. The Morgan fingerprint density at radius 3 is 2.00 bits per heavy atom. The van der Waals surface area contributed by atoms with Crippen LogP contribution in [0.3, 0.4) is 0 Å². The van der Waals surface area contributed by atoms with Gasteiger partial charge in [0.1, 0.15) is 0 Å². The van der Waals surface area contributed by atoms with Gasteiger partial charge in [-0.1, -0.05) is 13.3 Å². The third-order valence-corrected chi connectivity index (χ3v) is 1.87. The normalized spacial score (nSPS) is 17.4. The minimum atomic E-state index is 0.326. The maximum absolute atomic E-state index is 5.77. The van der Waals surface area contributed by atoms with Crippen LogP contribution in [-0.2, 0) is 0 Å². The van der Waals surface area contributed by atoms with Gasteiger partial charge in [-0.3, -0.25) is 0 Å². The first-order valence-corrected chi connectivity index (χ1v) is 3.98. The van der Waals surface area contributed by atoms with Gasteiger partial charge in [0.25, 0.3) is 0 Å². The summed E-state index contributed by atoms with van der Waals surface area (Å²) in [7, 11) is 4.18. The van der Waals surface area contributed by atoms with Crippen molar-refractivity contribution < 1.29 is 0 Å². The molecule has 0 aromatic rings. The first-order valence-electron chi connectivity index (χ1n) is 3.98. The van der Waals surface area contributed by atoms with E-state index in [1.165, 1.54) is 6.42 Å². The standard InChI is InChI=1S/C8H20N2/c1-5-8(7(2)9)6-10(3)4/h7-8H,5-6,9H2,1-4H3. The molecule has 10 heavy (non-hydrogen) atoms. The van der Waals surface area contributed by atoms with Crippen LogP contribution < -0.4 is 5.73 Å². The zero-order chi connectivity index (χ0) is 8.15. The molecule has 0 fully saturated rings. The van der Waals surface area contributed by atoms with Crippen molar-refractivity contribution in [1.82, 2.24) is 4.90 Å². The molecule has 0 saturated heterocycles. The Labute approximate surface area is 64.4 Å². The lowest BCUT2D eigenvalue weighted by Gasteiger charge is -2.22. The average molecular weight is 144 g/mol. The minimum Gasteiger partial charge on any atom is -0.328 e. The molecule has 0 amide bonds. The summed E-state index contributed by atoms with van der Waals surface area (Å²) in [5.41, 5.74) is 5.77. The topological polar surface area (TPSA) is 29.3 Å². The van der Waals surface area contributed by atoms with Gasteiger partial charge in [-0.25, -0.2) is 0 Å². The smallest absolute Gasteiger partial charge is 0.00508 e. The van der Waals surface area contributed by atoms with E-state index in [2.05, 4.69) is 32.8 Å². The van der Waals surface area contributed by atoms with E-state index in [-0.39, 0.29) is 0 Å². The second-order valence-electron chi connectivity index (χ2n) is 3.29. The van der Waals surface area contributed by atoms with Gasteiger partial charge in [-0.2, -0.15) is 0 Å². The first-order chi connectivity index (χ1) is 4.57. The summed E-state index contributed by atoms with van der Waals surface area (Å²) in [6.45, 7) is 5.38. The molecule has 0 heterocycles. The van der Waals surface area contributed by atoms with E-state index in [0.717, 1.165) is 6.54 Å². The second-order valence-corrected chi connectivity index (χ2v) is 3.29. The molecule has 0 aliphatic carbocycles. The van der Waals surface area contributed by atoms with E-state index in [9.17, 15) is 0 Å². The van der Waals surface area contributed by atoms with Gasteiger partial charge in [0.15, 0.2) is 0 Å². The lowest BCUT2D eigenvalue weighted by atomic mass is 9.99. The van der Waals surface area contributed by atoms with Crippen LogP contribution >= 0.6 is 0 Å². The van der Waals surface area contributed by atoms with Crippen LogP contribution in [0, 0.1) is 5.92 Å². The quantitative estimate of drug-likeness (QED) is 0.636.